The van der Waals surface area contributed by atoms with Crippen LogP contribution in [0.4, 0.5) is 0 Å². The summed E-state index contributed by atoms with van der Waals surface area (Å²) in [7, 11) is 0. The molecule has 6 heteroatoms. The Kier molecular flexibility index (Phi) is 3.06. The first-order valence-electron chi connectivity index (χ1n) is 9.60. The van der Waals surface area contributed by atoms with E-state index in [1.807, 2.05) is 6.92 Å². The molecule has 0 unspecified atom stereocenters. The van der Waals surface area contributed by atoms with Crippen LogP contribution in [0.2, 0.25) is 0 Å². The number of fused-ring (bicyclic) bond motifs is 1. The molecule has 142 valence electrons. The van der Waals surface area contributed by atoms with E-state index in [1.165, 1.54) is 0 Å². The van der Waals surface area contributed by atoms with Gasteiger partial charge in [0.05, 0.1) is 24.2 Å². The number of rotatable bonds is 1. The van der Waals surface area contributed by atoms with Crippen LogP contribution < -0.4 is 0 Å². The van der Waals surface area contributed by atoms with Crippen molar-refractivity contribution in [3.05, 3.63) is 12.2 Å². The Labute approximate surface area is 152 Å². The van der Waals surface area contributed by atoms with Gasteiger partial charge in [0.25, 0.3) is 0 Å². The van der Waals surface area contributed by atoms with Gasteiger partial charge < -0.3 is 24.9 Å². The maximum atomic E-state index is 13.3. The molecule has 5 rings (SSSR count). The number of aldehydes is 1. The number of Topliss-reactive ketones (excluding diaryl/α,β-unsaturated/α-hetero) is 1. The summed E-state index contributed by atoms with van der Waals surface area (Å²) in [5, 5.41) is 33.7. The average Bonchev–Trinajstić information content (AvgIpc) is 2.96. The normalized spacial score (nSPS) is 60.5. The summed E-state index contributed by atoms with van der Waals surface area (Å²) in [6, 6.07) is 0. The highest BCUT2D eigenvalue weighted by Crippen LogP contribution is 2.75. The minimum absolute atomic E-state index is 0.115. The van der Waals surface area contributed by atoms with Gasteiger partial charge in [0.1, 0.15) is 6.29 Å². The number of carbonyl (C=O) groups excluding carboxylic acids is 2. The zero-order valence-corrected chi connectivity index (χ0v) is 15.0. The van der Waals surface area contributed by atoms with Gasteiger partial charge in [-0.1, -0.05) is 19.9 Å². The quantitative estimate of drug-likeness (QED) is 0.466. The van der Waals surface area contributed by atoms with Gasteiger partial charge >= 0.3 is 0 Å². The third-order valence-electron chi connectivity index (χ3n) is 8.74. The molecule has 0 aromatic carbocycles. The van der Waals surface area contributed by atoms with Crippen LogP contribution in [-0.4, -0.2) is 52.0 Å². The molecule has 0 radical (unpaired) electrons. The lowest BCUT2D eigenvalue weighted by atomic mass is 9.39. The number of aliphatic hydroxyl groups excluding tert-OH is 2. The van der Waals surface area contributed by atoms with E-state index in [4.69, 9.17) is 4.74 Å². The smallest absolute Gasteiger partial charge is 0.170 e. The first-order valence-corrected chi connectivity index (χ1v) is 9.60. The zero-order valence-electron chi connectivity index (χ0n) is 15.0. The highest BCUT2D eigenvalue weighted by molar-refractivity contribution is 6.04. The van der Waals surface area contributed by atoms with Crippen molar-refractivity contribution in [2.24, 2.45) is 34.0 Å². The fraction of sp³-hybridized carbons (Fsp3) is 0.800. The molecule has 3 N–H and O–H groups in total. The Morgan fingerprint density at radius 3 is 2.73 bits per heavy atom. The van der Waals surface area contributed by atoms with Crippen LogP contribution in [0.5, 0.6) is 0 Å². The van der Waals surface area contributed by atoms with Crippen LogP contribution in [0.25, 0.3) is 0 Å². The predicted molar refractivity (Wildman–Crippen MR) is 89.7 cm³/mol. The van der Waals surface area contributed by atoms with E-state index < -0.39 is 46.1 Å². The minimum atomic E-state index is -1.57. The first kappa shape index (κ1) is 17.0. The van der Waals surface area contributed by atoms with E-state index in [2.05, 4.69) is 6.58 Å². The highest BCUT2D eigenvalue weighted by atomic mass is 16.6. The van der Waals surface area contributed by atoms with Crippen molar-refractivity contribution in [2.45, 2.75) is 57.0 Å². The lowest BCUT2D eigenvalue weighted by Crippen LogP contribution is -2.71. The molecule has 4 saturated carbocycles. The Balaban J connectivity index is 1.77. The molecule has 5 aliphatic rings. The maximum Gasteiger partial charge on any atom is 0.170 e. The Morgan fingerprint density at radius 1 is 1.31 bits per heavy atom. The molecule has 0 amide bonds. The van der Waals surface area contributed by atoms with Crippen LogP contribution in [0.3, 0.4) is 0 Å². The maximum absolute atomic E-state index is 13.3. The lowest BCUT2D eigenvalue weighted by molar-refractivity contribution is -0.292. The summed E-state index contributed by atoms with van der Waals surface area (Å²) in [6.07, 6.45) is 1.39. The van der Waals surface area contributed by atoms with Crippen LogP contribution in [0.15, 0.2) is 12.2 Å². The van der Waals surface area contributed by atoms with Crippen molar-refractivity contribution >= 4 is 12.1 Å². The molecular formula is C20H26O6. The number of hydrogen-bond acceptors (Lipinski definition) is 6. The molecule has 6 nitrogen and oxygen atoms in total. The number of ether oxygens (including phenoxy) is 1. The van der Waals surface area contributed by atoms with E-state index in [0.717, 1.165) is 25.5 Å². The second kappa shape index (κ2) is 4.66. The molecule has 1 heterocycles. The van der Waals surface area contributed by atoms with Crippen LogP contribution >= 0.6 is 0 Å². The van der Waals surface area contributed by atoms with E-state index in [9.17, 15) is 24.9 Å². The van der Waals surface area contributed by atoms with Gasteiger partial charge in [-0.2, -0.15) is 0 Å². The highest BCUT2D eigenvalue weighted by Gasteiger charge is 2.83. The average molecular weight is 362 g/mol. The van der Waals surface area contributed by atoms with Crippen molar-refractivity contribution in [1.82, 2.24) is 0 Å². The summed E-state index contributed by atoms with van der Waals surface area (Å²) in [5.74, 6) is -3.39. The van der Waals surface area contributed by atoms with E-state index in [0.29, 0.717) is 0 Å². The molecule has 0 aromatic rings. The fourth-order valence-corrected chi connectivity index (χ4v) is 7.78. The van der Waals surface area contributed by atoms with Crippen molar-refractivity contribution < 1.29 is 29.6 Å². The molecule has 9 atom stereocenters. The number of ketones is 1. The fourth-order valence-electron chi connectivity index (χ4n) is 7.78. The van der Waals surface area contributed by atoms with Gasteiger partial charge in [-0.25, -0.2) is 0 Å². The number of carbonyl (C=O) groups is 2. The van der Waals surface area contributed by atoms with Crippen molar-refractivity contribution in [3.8, 4) is 0 Å². The standard InChI is InChI=1S/C20H26O6/c1-10-11-7-19(25)16-18(9-26-19)5-3-4-17(2,8-21)12(18)6-13(22)20(16,14(10)23)15(11)24/h8,11-13,15-16,22,24-25H,1,3-7,9H2,2H3/t11-,12+,13+,15+,16+,17+,18-,19+,20+/m0/s1. The second-order valence-electron chi connectivity index (χ2n) is 9.62. The summed E-state index contributed by atoms with van der Waals surface area (Å²) in [6.45, 7) is 6.03. The van der Waals surface area contributed by atoms with E-state index in [1.54, 1.807) is 0 Å². The molecule has 2 bridgehead atoms. The monoisotopic (exact) mass is 362 g/mol. The number of aliphatic hydroxyl groups is 3. The summed E-state index contributed by atoms with van der Waals surface area (Å²) >= 11 is 0. The van der Waals surface area contributed by atoms with Crippen molar-refractivity contribution in [3.63, 3.8) is 0 Å². The second-order valence-corrected chi connectivity index (χ2v) is 9.62. The topological polar surface area (TPSA) is 104 Å². The van der Waals surface area contributed by atoms with Gasteiger partial charge in [0, 0.05) is 29.1 Å². The molecule has 0 aromatic heterocycles. The van der Waals surface area contributed by atoms with Gasteiger partial charge in [0.2, 0.25) is 0 Å². The summed E-state index contributed by atoms with van der Waals surface area (Å²) < 4.78 is 5.95. The molecule has 1 saturated heterocycles. The lowest BCUT2D eigenvalue weighted by Gasteiger charge is -2.64. The van der Waals surface area contributed by atoms with Crippen molar-refractivity contribution in [2.75, 3.05) is 6.61 Å². The molecule has 1 aliphatic heterocycles. The first-order chi connectivity index (χ1) is 12.2. The Morgan fingerprint density at radius 2 is 2.04 bits per heavy atom. The Hall–Kier alpha value is -1.08. The van der Waals surface area contributed by atoms with Crippen LogP contribution in [0, 0.1) is 34.0 Å². The summed E-state index contributed by atoms with van der Waals surface area (Å²) in [4.78, 5) is 25.2. The number of hydrogen-bond donors (Lipinski definition) is 3. The van der Waals surface area contributed by atoms with Crippen LogP contribution in [-0.2, 0) is 14.3 Å². The zero-order chi connectivity index (χ0) is 18.7. The molecule has 2 spiro atoms. The van der Waals surface area contributed by atoms with Gasteiger partial charge in [-0.05, 0) is 30.8 Å². The minimum Gasteiger partial charge on any atom is -0.392 e. The third-order valence-corrected chi connectivity index (χ3v) is 8.74. The largest absolute Gasteiger partial charge is 0.392 e. The van der Waals surface area contributed by atoms with Gasteiger partial charge in [-0.3, -0.25) is 4.79 Å². The van der Waals surface area contributed by atoms with Gasteiger partial charge in [0.15, 0.2) is 11.6 Å². The van der Waals surface area contributed by atoms with E-state index in [-0.39, 0.29) is 36.7 Å². The van der Waals surface area contributed by atoms with Crippen LogP contribution in [0.1, 0.15) is 39.0 Å². The van der Waals surface area contributed by atoms with Crippen molar-refractivity contribution in [1.29, 1.82) is 0 Å². The van der Waals surface area contributed by atoms with E-state index >= 15 is 0 Å². The molecule has 4 aliphatic carbocycles. The van der Waals surface area contributed by atoms with Gasteiger partial charge in [-0.15, -0.1) is 0 Å². The Bertz CT molecular complexity index is 734. The molecule has 5 fully saturated rings. The predicted octanol–water partition coefficient (Wildman–Crippen LogP) is 0.584. The third kappa shape index (κ3) is 1.49. The molecular weight excluding hydrogens is 336 g/mol. The molecule has 26 heavy (non-hydrogen) atoms. The SMILES string of the molecule is C=C1C(=O)[C@]23[C@H](O)C[C@H]4[C@]5(CCC[C@]4(C)C=O)CO[C@](O)(C[C@@H]1[C@H]2O)[C@@H]53. The summed E-state index contributed by atoms with van der Waals surface area (Å²) in [5.41, 5.74) is -2.40.